The Balaban J connectivity index is 0.912. The Labute approximate surface area is 383 Å². The summed E-state index contributed by atoms with van der Waals surface area (Å²) in [4.78, 5) is 44.6. The van der Waals surface area contributed by atoms with Gasteiger partial charge in [-0.2, -0.15) is 5.10 Å². The first-order valence-corrected chi connectivity index (χ1v) is 22.3. The molecule has 2 atom stereocenters. The number of carbonyl (C=O) groups is 2. The van der Waals surface area contributed by atoms with E-state index in [1.807, 2.05) is 30.5 Å². The van der Waals surface area contributed by atoms with Gasteiger partial charge in [-0.25, -0.2) is 4.79 Å². The van der Waals surface area contributed by atoms with Crippen molar-refractivity contribution in [2.24, 2.45) is 13.0 Å². The maximum absolute atomic E-state index is 14.1. The van der Waals surface area contributed by atoms with Crippen LogP contribution in [0.25, 0.3) is 22.0 Å². The van der Waals surface area contributed by atoms with E-state index in [9.17, 15) is 29.7 Å². The number of aliphatic hydroxyl groups excluding tert-OH is 1. The standard InChI is InChI=1S/C53H55N5O8/c1-57-33-44(38-14-9-17-41(29-38)53(64,40-15-7-4-8-16-40)52(63)66-34-36-25-27-58(28-26-36)32-35-11-5-3-6-12-35)45(56-57)31-54-51(62)39-20-19-37(48(30-39)65-2)13-10-18-46(59)42-21-23-47(60)50-43(42)22-24-49(61)55-50/h3-9,11-12,14-17,19-24,29-30,33,36,46,59-60,64H,10,13,18,25-28,31-32,34H2,1-2H3,(H,54,62)(H,55,61)/t46-,53-/m0/s1. The number of nitrogens with zero attached hydrogens (tertiary/aromatic N) is 3. The number of phenolic OH excluding ortho intramolecular Hbond substituents is 1. The molecule has 0 spiro atoms. The summed E-state index contributed by atoms with van der Waals surface area (Å²) in [5.41, 5.74) is 3.73. The van der Waals surface area contributed by atoms with Crippen LogP contribution in [0.4, 0.5) is 0 Å². The number of ether oxygens (including phenoxy) is 2. The molecule has 0 radical (unpaired) electrons. The molecule has 7 aromatic rings. The molecular weight excluding hydrogens is 835 g/mol. The molecule has 13 nitrogen and oxygen atoms in total. The minimum atomic E-state index is -2.09. The van der Waals surface area contributed by atoms with Crippen molar-refractivity contribution in [3.63, 3.8) is 0 Å². The number of aromatic nitrogens is 3. The molecule has 0 aliphatic carbocycles. The molecular formula is C53H55N5O8. The maximum atomic E-state index is 14.1. The summed E-state index contributed by atoms with van der Waals surface area (Å²) in [7, 11) is 3.34. The molecule has 1 aliphatic rings. The first-order chi connectivity index (χ1) is 32.0. The number of benzene rings is 5. The third-order valence-electron chi connectivity index (χ3n) is 12.5. The second-order valence-corrected chi connectivity index (χ2v) is 17.0. The van der Waals surface area contributed by atoms with Crippen LogP contribution in [0.1, 0.15) is 75.7 Å². The Morgan fingerprint density at radius 1 is 0.909 bits per heavy atom. The minimum Gasteiger partial charge on any atom is -0.506 e. The van der Waals surface area contributed by atoms with E-state index in [0.717, 1.165) is 43.6 Å². The second-order valence-electron chi connectivity index (χ2n) is 17.0. The zero-order valence-corrected chi connectivity index (χ0v) is 37.2. The van der Waals surface area contributed by atoms with Crippen LogP contribution in [-0.4, -0.2) is 73.7 Å². The summed E-state index contributed by atoms with van der Waals surface area (Å²) < 4.78 is 13.3. The van der Waals surface area contributed by atoms with Crippen LogP contribution in [0.15, 0.2) is 138 Å². The topological polar surface area (TPSA) is 179 Å². The van der Waals surface area contributed by atoms with Crippen molar-refractivity contribution in [2.75, 3.05) is 26.8 Å². The molecule has 1 fully saturated rings. The average molecular weight is 890 g/mol. The highest BCUT2D eigenvalue weighted by atomic mass is 16.5. The number of carbonyl (C=O) groups excluding carboxylic acids is 2. The van der Waals surface area contributed by atoms with Crippen LogP contribution in [0.5, 0.6) is 11.5 Å². The molecule has 1 amide bonds. The average Bonchev–Trinajstić information content (AvgIpc) is 3.73. The third-order valence-corrected chi connectivity index (χ3v) is 12.5. The number of aromatic amines is 1. The number of rotatable bonds is 17. The van der Waals surface area contributed by atoms with Gasteiger partial charge in [-0.3, -0.25) is 19.2 Å². The van der Waals surface area contributed by atoms with Gasteiger partial charge in [0.1, 0.15) is 11.5 Å². The van der Waals surface area contributed by atoms with Gasteiger partial charge in [0.25, 0.3) is 5.91 Å². The number of piperidine rings is 1. The number of H-pyrrole nitrogens is 1. The maximum Gasteiger partial charge on any atom is 0.347 e. The molecule has 340 valence electrons. The van der Waals surface area contributed by atoms with Gasteiger partial charge in [0.15, 0.2) is 0 Å². The number of aliphatic hydroxyl groups is 2. The fourth-order valence-corrected chi connectivity index (χ4v) is 8.90. The van der Waals surface area contributed by atoms with Gasteiger partial charge in [0.2, 0.25) is 11.2 Å². The fourth-order valence-electron chi connectivity index (χ4n) is 8.90. The SMILES string of the molecule is COc1cc(C(=O)NCc2nn(C)cc2-c2cccc([C@](O)(C(=O)OCC3CCN(Cc4ccccc4)CC3)c3ccccc3)c2)ccc1CCC[C@H](O)c1ccc(O)c2[nH]c(=O)ccc12. The summed E-state index contributed by atoms with van der Waals surface area (Å²) in [6.45, 7) is 2.99. The van der Waals surface area contributed by atoms with E-state index in [0.29, 0.717) is 63.9 Å². The van der Waals surface area contributed by atoms with Crippen LogP contribution in [0, 0.1) is 5.92 Å². The van der Waals surface area contributed by atoms with Crippen LogP contribution < -0.4 is 15.6 Å². The number of hydrogen-bond acceptors (Lipinski definition) is 10. The van der Waals surface area contributed by atoms with Gasteiger partial charge in [-0.15, -0.1) is 0 Å². The molecule has 1 saturated heterocycles. The number of hydrogen-bond donors (Lipinski definition) is 5. The number of aryl methyl sites for hydroxylation is 2. The first kappa shape index (κ1) is 45.5. The van der Waals surface area contributed by atoms with Crippen molar-refractivity contribution >= 4 is 22.8 Å². The zero-order valence-electron chi connectivity index (χ0n) is 37.2. The molecule has 2 aromatic heterocycles. The summed E-state index contributed by atoms with van der Waals surface area (Å²) in [5, 5.41) is 42.0. The van der Waals surface area contributed by atoms with Crippen LogP contribution in [0.3, 0.4) is 0 Å². The number of likely N-dealkylation sites (tertiary alicyclic amines) is 1. The Bertz CT molecular complexity index is 2860. The predicted molar refractivity (Wildman–Crippen MR) is 252 cm³/mol. The van der Waals surface area contributed by atoms with Gasteiger partial charge in [0, 0.05) is 47.9 Å². The van der Waals surface area contributed by atoms with E-state index in [2.05, 4.69) is 44.6 Å². The summed E-state index contributed by atoms with van der Waals surface area (Å²) in [6, 6.07) is 37.7. The zero-order chi connectivity index (χ0) is 46.2. The Morgan fingerprint density at radius 3 is 2.41 bits per heavy atom. The molecule has 8 rings (SSSR count). The largest absolute Gasteiger partial charge is 0.506 e. The molecule has 1 aliphatic heterocycles. The Kier molecular flexibility index (Phi) is 14.1. The molecule has 3 heterocycles. The predicted octanol–water partition coefficient (Wildman–Crippen LogP) is 7.32. The highest BCUT2D eigenvalue weighted by Gasteiger charge is 2.42. The van der Waals surface area contributed by atoms with Crippen LogP contribution in [0.2, 0.25) is 0 Å². The van der Waals surface area contributed by atoms with Crippen molar-refractivity contribution in [3.05, 3.63) is 183 Å². The normalized spacial score (nSPS) is 14.7. The molecule has 0 unspecified atom stereocenters. The van der Waals surface area contributed by atoms with Gasteiger partial charge in [-0.1, -0.05) is 91.0 Å². The Hall–Kier alpha value is -7.06. The first-order valence-electron chi connectivity index (χ1n) is 22.3. The lowest BCUT2D eigenvalue weighted by Gasteiger charge is -2.33. The molecule has 0 saturated carbocycles. The lowest BCUT2D eigenvalue weighted by Crippen LogP contribution is -2.40. The van der Waals surface area contributed by atoms with Gasteiger partial charge in [-0.05, 0) is 109 Å². The summed E-state index contributed by atoms with van der Waals surface area (Å²) in [5.74, 6) is -0.420. The quantitative estimate of drug-likeness (QED) is 0.0582. The smallest absolute Gasteiger partial charge is 0.347 e. The number of pyridine rings is 1. The van der Waals surface area contributed by atoms with Crippen LogP contribution >= 0.6 is 0 Å². The number of esters is 1. The van der Waals surface area contributed by atoms with Crippen molar-refractivity contribution < 1.29 is 34.4 Å². The number of methoxy groups -OCH3 is 1. The highest BCUT2D eigenvalue weighted by Crippen LogP contribution is 2.36. The molecule has 5 N–H and O–H groups in total. The van der Waals surface area contributed by atoms with E-state index in [4.69, 9.17) is 9.47 Å². The van der Waals surface area contributed by atoms with Crippen molar-refractivity contribution in [1.29, 1.82) is 0 Å². The second kappa shape index (κ2) is 20.4. The summed E-state index contributed by atoms with van der Waals surface area (Å²) >= 11 is 0. The number of amides is 1. The summed E-state index contributed by atoms with van der Waals surface area (Å²) in [6.07, 6.45) is 4.35. The van der Waals surface area contributed by atoms with Crippen molar-refractivity contribution in [2.45, 2.75) is 56.9 Å². The van der Waals surface area contributed by atoms with E-state index in [1.165, 1.54) is 17.7 Å². The van der Waals surface area contributed by atoms with E-state index < -0.39 is 17.7 Å². The Morgan fingerprint density at radius 2 is 1.65 bits per heavy atom. The molecule has 5 aromatic carbocycles. The monoisotopic (exact) mass is 889 g/mol. The number of phenols is 1. The lowest BCUT2D eigenvalue weighted by molar-refractivity contribution is -0.164. The van der Waals surface area contributed by atoms with E-state index >= 15 is 0 Å². The lowest BCUT2D eigenvalue weighted by atomic mass is 9.85. The number of nitrogens with one attached hydrogen (secondary N) is 2. The fraction of sp³-hybridized carbons (Fsp3) is 0.283. The molecule has 0 bridgehead atoms. The van der Waals surface area contributed by atoms with Gasteiger partial charge >= 0.3 is 5.97 Å². The van der Waals surface area contributed by atoms with Gasteiger partial charge < -0.3 is 35.1 Å². The van der Waals surface area contributed by atoms with Crippen molar-refractivity contribution in [1.82, 2.24) is 25.0 Å². The minimum absolute atomic E-state index is 0.0662. The molecule has 13 heteroatoms. The highest BCUT2D eigenvalue weighted by molar-refractivity contribution is 5.95. The van der Waals surface area contributed by atoms with E-state index in [-0.39, 0.29) is 41.8 Å². The third kappa shape index (κ3) is 10.2. The van der Waals surface area contributed by atoms with E-state index in [1.54, 1.807) is 85.6 Å². The van der Waals surface area contributed by atoms with Crippen molar-refractivity contribution in [3.8, 4) is 22.6 Å². The number of aromatic hydroxyl groups is 1. The van der Waals surface area contributed by atoms with Gasteiger partial charge in [0.05, 0.1) is 37.6 Å². The van der Waals surface area contributed by atoms with Crippen LogP contribution in [-0.2, 0) is 41.7 Å². The molecule has 66 heavy (non-hydrogen) atoms. The number of fused-ring (bicyclic) bond motifs is 1.